The quantitative estimate of drug-likeness (QED) is 0.146. The molecule has 0 amide bonds. The standard InChI is InChI=1S/C22H20N6O10S3/c1-11-17(19(29)25-21(31)23-11)40(35,36)27-13-3-7-15(8-4-13)39(33,34)16-9-5-14(6-10-16)28-41(37,38)18-12(2)24-22(32)26-20(18)30/h3-10,27-28H,1-2H3,(H2,23,25,29,31)(H2,24,26,30,32). The molecule has 0 aliphatic carbocycles. The lowest BCUT2D eigenvalue weighted by molar-refractivity contribution is 0.595. The van der Waals surface area contributed by atoms with Gasteiger partial charge in [0, 0.05) is 22.8 Å². The minimum Gasteiger partial charge on any atom is -0.310 e. The first-order valence-electron chi connectivity index (χ1n) is 11.2. The molecule has 0 unspecified atom stereocenters. The summed E-state index contributed by atoms with van der Waals surface area (Å²) in [6, 6.07) is 9.02. The lowest BCUT2D eigenvalue weighted by Gasteiger charge is -2.11. The minimum atomic E-state index is -4.45. The first-order valence-corrected chi connectivity index (χ1v) is 15.6. The van der Waals surface area contributed by atoms with Gasteiger partial charge >= 0.3 is 11.4 Å². The summed E-state index contributed by atoms with van der Waals surface area (Å²) in [7, 11) is -13.0. The van der Waals surface area contributed by atoms with Crippen LogP contribution in [-0.4, -0.2) is 45.2 Å². The molecule has 0 saturated heterocycles. The Balaban J connectivity index is 1.56. The number of hydrogen-bond acceptors (Lipinski definition) is 10. The normalized spacial score (nSPS) is 12.1. The zero-order valence-electron chi connectivity index (χ0n) is 20.9. The van der Waals surface area contributed by atoms with Gasteiger partial charge in [-0.25, -0.2) is 34.8 Å². The average Bonchev–Trinajstić information content (AvgIpc) is 2.82. The highest BCUT2D eigenvalue weighted by molar-refractivity contribution is 7.93. The Morgan fingerprint density at radius 3 is 1.12 bits per heavy atom. The van der Waals surface area contributed by atoms with Crippen LogP contribution in [0.25, 0.3) is 0 Å². The van der Waals surface area contributed by atoms with Crippen molar-refractivity contribution in [1.82, 2.24) is 19.9 Å². The molecule has 216 valence electrons. The van der Waals surface area contributed by atoms with Crippen LogP contribution in [0.5, 0.6) is 0 Å². The van der Waals surface area contributed by atoms with Crippen LogP contribution < -0.4 is 31.9 Å². The fourth-order valence-electron chi connectivity index (χ4n) is 3.78. The summed E-state index contributed by atoms with van der Waals surface area (Å²) in [6.07, 6.45) is 0. The van der Waals surface area contributed by atoms with Crippen molar-refractivity contribution in [3.8, 4) is 0 Å². The van der Waals surface area contributed by atoms with E-state index in [1.807, 2.05) is 9.97 Å². The van der Waals surface area contributed by atoms with E-state index >= 15 is 0 Å². The third kappa shape index (κ3) is 5.90. The fraction of sp³-hybridized carbons (Fsp3) is 0.0909. The Hall–Kier alpha value is -4.75. The van der Waals surface area contributed by atoms with Gasteiger partial charge in [-0.3, -0.25) is 29.0 Å². The lowest BCUT2D eigenvalue weighted by atomic mass is 10.3. The summed E-state index contributed by atoms with van der Waals surface area (Å²) in [5.41, 5.74) is -4.59. The number of nitrogens with one attached hydrogen (secondary N) is 6. The highest BCUT2D eigenvalue weighted by atomic mass is 32.2. The van der Waals surface area contributed by atoms with Gasteiger partial charge in [0.05, 0.1) is 9.79 Å². The largest absolute Gasteiger partial charge is 0.325 e. The Bertz CT molecular complexity index is 2080. The summed E-state index contributed by atoms with van der Waals surface area (Å²) < 4.78 is 81.1. The molecule has 0 saturated carbocycles. The summed E-state index contributed by atoms with van der Waals surface area (Å²) in [6.45, 7) is 2.45. The predicted octanol–water partition coefficient (Wildman–Crippen LogP) is -0.509. The highest BCUT2D eigenvalue weighted by Gasteiger charge is 2.25. The summed E-state index contributed by atoms with van der Waals surface area (Å²) in [4.78, 5) is 52.8. The number of H-pyrrole nitrogens is 4. The Kier molecular flexibility index (Phi) is 7.37. The Morgan fingerprint density at radius 1 is 0.512 bits per heavy atom. The molecule has 2 aromatic carbocycles. The Morgan fingerprint density at radius 2 is 0.829 bits per heavy atom. The smallest absolute Gasteiger partial charge is 0.310 e. The van der Waals surface area contributed by atoms with Crippen LogP contribution in [0.2, 0.25) is 0 Å². The van der Waals surface area contributed by atoms with Crippen molar-refractivity contribution in [3.63, 3.8) is 0 Å². The number of aromatic amines is 4. The summed E-state index contributed by atoms with van der Waals surface area (Å²) >= 11 is 0. The molecule has 0 atom stereocenters. The van der Waals surface area contributed by atoms with Gasteiger partial charge in [-0.1, -0.05) is 0 Å². The Labute approximate surface area is 230 Å². The second kappa shape index (κ2) is 10.3. The molecule has 6 N–H and O–H groups in total. The van der Waals surface area contributed by atoms with E-state index in [1.165, 1.54) is 13.8 Å². The molecular weight excluding hydrogens is 604 g/mol. The number of aryl methyl sites for hydroxylation is 2. The SMILES string of the molecule is Cc1[nH]c(=O)[nH]c(=O)c1S(=O)(=O)Nc1ccc(S(=O)(=O)c2ccc(NS(=O)(=O)c3c(C)[nH]c(=O)[nH]c3=O)cc2)cc1. The number of rotatable bonds is 8. The van der Waals surface area contributed by atoms with E-state index in [9.17, 15) is 44.4 Å². The first-order chi connectivity index (χ1) is 19.0. The minimum absolute atomic E-state index is 0.0776. The maximum Gasteiger partial charge on any atom is 0.325 e. The number of sulfone groups is 1. The van der Waals surface area contributed by atoms with Gasteiger partial charge in [-0.05, 0) is 62.4 Å². The topological polar surface area (TPSA) is 258 Å². The van der Waals surface area contributed by atoms with Crippen molar-refractivity contribution in [2.24, 2.45) is 0 Å². The molecule has 41 heavy (non-hydrogen) atoms. The number of hydrogen-bond donors (Lipinski definition) is 6. The molecule has 4 rings (SSSR count). The molecule has 0 aliphatic heterocycles. The van der Waals surface area contributed by atoms with Gasteiger partial charge < -0.3 is 9.97 Å². The van der Waals surface area contributed by atoms with Gasteiger partial charge in [-0.15, -0.1) is 0 Å². The molecular formula is C22H20N6O10S3. The molecule has 0 radical (unpaired) electrons. The van der Waals surface area contributed by atoms with Crippen LogP contribution in [-0.2, 0) is 29.9 Å². The monoisotopic (exact) mass is 624 g/mol. The van der Waals surface area contributed by atoms with Crippen molar-refractivity contribution in [2.45, 2.75) is 33.4 Å². The van der Waals surface area contributed by atoms with E-state index in [1.54, 1.807) is 0 Å². The van der Waals surface area contributed by atoms with E-state index in [0.717, 1.165) is 48.5 Å². The van der Waals surface area contributed by atoms with Crippen LogP contribution in [0.3, 0.4) is 0 Å². The molecule has 2 heterocycles. The van der Waals surface area contributed by atoms with Crippen molar-refractivity contribution >= 4 is 41.3 Å². The van der Waals surface area contributed by atoms with Crippen LogP contribution in [0.15, 0.2) is 87.3 Å². The number of benzene rings is 2. The lowest BCUT2D eigenvalue weighted by Crippen LogP contribution is -2.31. The zero-order chi connectivity index (χ0) is 30.3. The van der Waals surface area contributed by atoms with Crippen molar-refractivity contribution in [3.05, 3.63) is 102 Å². The molecule has 0 fully saturated rings. The molecule has 4 aromatic rings. The van der Waals surface area contributed by atoms with Crippen LogP contribution >= 0.6 is 0 Å². The van der Waals surface area contributed by atoms with Crippen LogP contribution in [0.1, 0.15) is 11.4 Å². The predicted molar refractivity (Wildman–Crippen MR) is 145 cm³/mol. The second-order valence-corrected chi connectivity index (χ2v) is 13.7. The van der Waals surface area contributed by atoms with Gasteiger partial charge in [0.15, 0.2) is 9.79 Å². The zero-order valence-corrected chi connectivity index (χ0v) is 23.4. The van der Waals surface area contributed by atoms with E-state index < -0.39 is 62.2 Å². The first kappa shape index (κ1) is 29.2. The molecule has 0 aliphatic rings. The van der Waals surface area contributed by atoms with E-state index in [4.69, 9.17) is 0 Å². The van der Waals surface area contributed by atoms with Crippen molar-refractivity contribution < 1.29 is 25.3 Å². The van der Waals surface area contributed by atoms with Crippen LogP contribution in [0, 0.1) is 13.8 Å². The molecule has 0 spiro atoms. The average molecular weight is 625 g/mol. The van der Waals surface area contributed by atoms with Crippen LogP contribution in [0.4, 0.5) is 11.4 Å². The van der Waals surface area contributed by atoms with E-state index in [-0.39, 0.29) is 32.6 Å². The number of anilines is 2. The molecule has 2 aromatic heterocycles. The third-order valence-electron chi connectivity index (χ3n) is 5.52. The van der Waals surface area contributed by atoms with E-state index in [2.05, 4.69) is 19.4 Å². The molecule has 19 heteroatoms. The van der Waals surface area contributed by atoms with Gasteiger partial charge in [0.2, 0.25) is 9.84 Å². The molecule has 16 nitrogen and oxygen atoms in total. The van der Waals surface area contributed by atoms with Gasteiger partial charge in [0.25, 0.3) is 31.2 Å². The van der Waals surface area contributed by atoms with Gasteiger partial charge in [0.1, 0.15) is 0 Å². The number of sulfonamides is 2. The summed E-state index contributed by atoms with van der Waals surface area (Å²) in [5.74, 6) is 0. The molecule has 0 bridgehead atoms. The maximum atomic E-state index is 13.1. The number of aromatic nitrogens is 4. The fourth-order valence-corrected chi connectivity index (χ4v) is 7.63. The third-order valence-corrected chi connectivity index (χ3v) is 10.4. The summed E-state index contributed by atoms with van der Waals surface area (Å²) in [5, 5.41) is 0. The maximum absolute atomic E-state index is 13.1. The van der Waals surface area contributed by atoms with Gasteiger partial charge in [-0.2, -0.15) is 0 Å². The van der Waals surface area contributed by atoms with Crippen molar-refractivity contribution in [1.29, 1.82) is 0 Å². The van der Waals surface area contributed by atoms with Crippen molar-refractivity contribution in [2.75, 3.05) is 9.44 Å². The van der Waals surface area contributed by atoms with E-state index in [0.29, 0.717) is 0 Å². The highest BCUT2D eigenvalue weighted by Crippen LogP contribution is 2.25. The second-order valence-electron chi connectivity index (χ2n) is 8.49.